The van der Waals surface area contributed by atoms with Crippen LogP contribution in [-0.2, 0) is 11.0 Å². The number of rotatable bonds is 6. The van der Waals surface area contributed by atoms with Crippen LogP contribution in [0.1, 0.15) is 24.8 Å². The molecule has 3 atom stereocenters. The molecule has 1 aromatic rings. The van der Waals surface area contributed by atoms with Crippen LogP contribution in [0, 0.1) is 5.92 Å². The third-order valence-corrected chi connectivity index (χ3v) is 4.31. The van der Waals surface area contributed by atoms with E-state index in [1.54, 1.807) is 7.05 Å². The van der Waals surface area contributed by atoms with Crippen molar-refractivity contribution in [2.45, 2.75) is 37.6 Å². The largest absolute Gasteiger partial charge is 0.491 e. The first kappa shape index (κ1) is 19.5. The monoisotopic (exact) mass is 360 g/mol. The number of carbonyl (C=O) groups is 1. The van der Waals surface area contributed by atoms with Crippen molar-refractivity contribution in [2.24, 2.45) is 11.7 Å². The molecule has 1 saturated carbocycles. The van der Waals surface area contributed by atoms with Gasteiger partial charge in [-0.3, -0.25) is 4.79 Å². The fourth-order valence-corrected chi connectivity index (χ4v) is 2.94. The predicted molar refractivity (Wildman–Crippen MR) is 85.9 cm³/mol. The molecule has 0 unspecified atom stereocenters. The molecule has 0 radical (unpaired) electrons. The molecule has 0 saturated heterocycles. The molecule has 1 aliphatic rings. The number of nitrogens with two attached hydrogens (primary N) is 1. The van der Waals surface area contributed by atoms with E-state index in [1.807, 2.05) is 0 Å². The maximum absolute atomic E-state index is 12.5. The van der Waals surface area contributed by atoms with E-state index in [0.29, 0.717) is 6.42 Å². The Hall–Kier alpha value is -1.80. The zero-order valence-electron chi connectivity index (χ0n) is 14.0. The van der Waals surface area contributed by atoms with Crippen molar-refractivity contribution < 1.29 is 27.8 Å². The first-order valence-corrected chi connectivity index (χ1v) is 8.15. The van der Waals surface area contributed by atoms with Crippen molar-refractivity contribution >= 4 is 5.91 Å². The molecule has 0 aliphatic heterocycles. The van der Waals surface area contributed by atoms with Gasteiger partial charge in [0.2, 0.25) is 5.91 Å². The topological polar surface area (TPSA) is 75.8 Å². The summed E-state index contributed by atoms with van der Waals surface area (Å²) in [6, 6.07) is 4.28. The van der Waals surface area contributed by atoms with Gasteiger partial charge in [0.15, 0.2) is 0 Å². The number of amides is 1. The average molecular weight is 360 g/mol. The minimum absolute atomic E-state index is 0.0512. The lowest BCUT2D eigenvalue weighted by Gasteiger charge is -2.24. The lowest BCUT2D eigenvalue weighted by atomic mass is 10.1. The van der Waals surface area contributed by atoms with Crippen LogP contribution >= 0.6 is 0 Å². The van der Waals surface area contributed by atoms with Crippen molar-refractivity contribution in [1.82, 2.24) is 4.90 Å². The third-order valence-electron chi connectivity index (χ3n) is 4.31. The third kappa shape index (κ3) is 5.61. The SMILES string of the molecule is CN(C[C@H](O)COc1ccc(C(F)(F)F)cc1)C(=O)[C@H]1CC[C@H](N)C1. The molecule has 0 spiro atoms. The molecule has 25 heavy (non-hydrogen) atoms. The molecule has 3 N–H and O–H groups in total. The van der Waals surface area contributed by atoms with Crippen molar-refractivity contribution in [3.8, 4) is 5.75 Å². The van der Waals surface area contributed by atoms with Crippen LogP contribution in [0.15, 0.2) is 24.3 Å². The standard InChI is InChI=1S/C17H23F3N2O3/c1-22(16(24)11-2-5-13(21)8-11)9-14(23)10-25-15-6-3-12(4-7-15)17(18,19)20/h3-4,6-7,11,13-14,23H,2,5,8-10,21H2,1H3/t11-,13-,14-/m0/s1. The number of halogens is 3. The van der Waals surface area contributed by atoms with E-state index in [2.05, 4.69) is 0 Å². The number of benzene rings is 1. The number of carbonyl (C=O) groups excluding carboxylic acids is 1. The summed E-state index contributed by atoms with van der Waals surface area (Å²) >= 11 is 0. The molecule has 1 aliphatic carbocycles. The summed E-state index contributed by atoms with van der Waals surface area (Å²) in [5.41, 5.74) is 5.04. The fraction of sp³-hybridized carbons (Fsp3) is 0.588. The minimum atomic E-state index is -4.40. The number of aliphatic hydroxyl groups excluding tert-OH is 1. The van der Waals surface area contributed by atoms with Crippen molar-refractivity contribution in [2.75, 3.05) is 20.2 Å². The van der Waals surface area contributed by atoms with Crippen molar-refractivity contribution in [1.29, 1.82) is 0 Å². The van der Waals surface area contributed by atoms with Gasteiger partial charge in [0.05, 0.1) is 5.56 Å². The van der Waals surface area contributed by atoms with E-state index in [9.17, 15) is 23.1 Å². The Morgan fingerprint density at radius 1 is 1.36 bits per heavy atom. The van der Waals surface area contributed by atoms with Gasteiger partial charge in [-0.2, -0.15) is 13.2 Å². The van der Waals surface area contributed by atoms with Gasteiger partial charge in [0.25, 0.3) is 0 Å². The summed E-state index contributed by atoms with van der Waals surface area (Å²) in [5.74, 6) is 0.0624. The van der Waals surface area contributed by atoms with Crippen LogP contribution in [0.4, 0.5) is 13.2 Å². The Labute approximate surface area is 144 Å². The Morgan fingerprint density at radius 3 is 2.52 bits per heavy atom. The first-order chi connectivity index (χ1) is 11.7. The molecule has 2 rings (SSSR count). The number of hydrogen-bond acceptors (Lipinski definition) is 4. The molecule has 0 heterocycles. The lowest BCUT2D eigenvalue weighted by Crippen LogP contribution is -2.39. The summed E-state index contributed by atoms with van der Waals surface area (Å²) in [6.07, 6.45) is -3.11. The summed E-state index contributed by atoms with van der Waals surface area (Å²) < 4.78 is 42.7. The Kier molecular flexibility index (Phi) is 6.29. The summed E-state index contributed by atoms with van der Waals surface area (Å²) in [4.78, 5) is 13.7. The number of alkyl halides is 3. The quantitative estimate of drug-likeness (QED) is 0.814. The van der Waals surface area contributed by atoms with Crippen LogP contribution in [0.5, 0.6) is 5.75 Å². The van der Waals surface area contributed by atoms with E-state index in [-0.39, 0.29) is 36.8 Å². The highest BCUT2D eigenvalue weighted by molar-refractivity contribution is 5.79. The summed E-state index contributed by atoms with van der Waals surface area (Å²) in [6.45, 7) is -0.0294. The van der Waals surface area contributed by atoms with Gasteiger partial charge >= 0.3 is 6.18 Å². The maximum Gasteiger partial charge on any atom is 0.416 e. The zero-order chi connectivity index (χ0) is 18.6. The van der Waals surface area contributed by atoms with Crippen LogP contribution in [0.25, 0.3) is 0 Å². The fourth-order valence-electron chi connectivity index (χ4n) is 2.94. The zero-order valence-corrected chi connectivity index (χ0v) is 14.0. The van der Waals surface area contributed by atoms with E-state index in [4.69, 9.17) is 10.5 Å². The van der Waals surface area contributed by atoms with Crippen LogP contribution < -0.4 is 10.5 Å². The normalized spacial score (nSPS) is 21.8. The van der Waals surface area contributed by atoms with Gasteiger partial charge in [0, 0.05) is 25.6 Å². The number of hydrogen-bond donors (Lipinski definition) is 2. The number of nitrogens with zero attached hydrogens (tertiary/aromatic N) is 1. The number of ether oxygens (including phenoxy) is 1. The Bertz CT molecular complexity index is 577. The Morgan fingerprint density at radius 2 is 2.00 bits per heavy atom. The van der Waals surface area contributed by atoms with E-state index in [0.717, 1.165) is 25.0 Å². The highest BCUT2D eigenvalue weighted by atomic mass is 19.4. The molecule has 1 aromatic carbocycles. The molecule has 8 heteroatoms. The van der Waals surface area contributed by atoms with Gasteiger partial charge in [-0.15, -0.1) is 0 Å². The van der Waals surface area contributed by atoms with Gasteiger partial charge in [-0.1, -0.05) is 0 Å². The van der Waals surface area contributed by atoms with E-state index >= 15 is 0 Å². The molecular weight excluding hydrogens is 337 g/mol. The van der Waals surface area contributed by atoms with E-state index < -0.39 is 17.8 Å². The maximum atomic E-state index is 12.5. The molecule has 140 valence electrons. The minimum Gasteiger partial charge on any atom is -0.491 e. The molecular formula is C17H23F3N2O3. The molecule has 1 amide bonds. The Balaban J connectivity index is 1.78. The van der Waals surface area contributed by atoms with Crippen molar-refractivity contribution in [3.05, 3.63) is 29.8 Å². The molecule has 1 fully saturated rings. The van der Waals surface area contributed by atoms with Crippen LogP contribution in [-0.4, -0.2) is 48.3 Å². The molecule has 0 bridgehead atoms. The van der Waals surface area contributed by atoms with Gasteiger partial charge in [-0.25, -0.2) is 0 Å². The summed E-state index contributed by atoms with van der Waals surface area (Å²) in [5, 5.41) is 9.98. The van der Waals surface area contributed by atoms with Gasteiger partial charge in [0.1, 0.15) is 18.5 Å². The lowest BCUT2D eigenvalue weighted by molar-refractivity contribution is -0.137. The number of likely N-dealkylation sites (N-methyl/N-ethyl adjacent to an activating group) is 1. The van der Waals surface area contributed by atoms with Crippen LogP contribution in [0.2, 0.25) is 0 Å². The molecule has 0 aromatic heterocycles. The average Bonchev–Trinajstić information content (AvgIpc) is 2.98. The second-order valence-corrected chi connectivity index (χ2v) is 6.48. The predicted octanol–water partition coefficient (Wildman–Crippen LogP) is 2.03. The summed E-state index contributed by atoms with van der Waals surface area (Å²) in [7, 11) is 1.60. The van der Waals surface area contributed by atoms with Crippen LogP contribution in [0.3, 0.4) is 0 Å². The highest BCUT2D eigenvalue weighted by Crippen LogP contribution is 2.30. The molecule has 5 nitrogen and oxygen atoms in total. The second-order valence-electron chi connectivity index (χ2n) is 6.48. The second kappa shape index (κ2) is 8.05. The first-order valence-electron chi connectivity index (χ1n) is 8.15. The smallest absolute Gasteiger partial charge is 0.416 e. The highest BCUT2D eigenvalue weighted by Gasteiger charge is 2.31. The van der Waals surface area contributed by atoms with Crippen molar-refractivity contribution in [3.63, 3.8) is 0 Å². The van der Waals surface area contributed by atoms with Gasteiger partial charge < -0.3 is 20.5 Å². The van der Waals surface area contributed by atoms with Gasteiger partial charge in [-0.05, 0) is 43.5 Å². The van der Waals surface area contributed by atoms with E-state index in [1.165, 1.54) is 17.0 Å². The number of aliphatic hydroxyl groups is 1.